The smallest absolute Gasteiger partial charge is 0.306 e. The van der Waals surface area contributed by atoms with Crippen LogP contribution in [0, 0.1) is 5.92 Å². The van der Waals surface area contributed by atoms with E-state index in [4.69, 9.17) is 14.2 Å². The number of para-hydroxylation sites is 1. The Kier molecular flexibility index (Phi) is 8.47. The average molecular weight is 296 g/mol. The molecule has 21 heavy (non-hydrogen) atoms. The first-order valence-corrected chi connectivity index (χ1v) is 7.10. The molecule has 1 N–H and O–H groups in total. The van der Waals surface area contributed by atoms with Gasteiger partial charge in [-0.2, -0.15) is 0 Å². The van der Waals surface area contributed by atoms with Crippen molar-refractivity contribution in [1.82, 2.24) is 0 Å². The Morgan fingerprint density at radius 2 is 1.95 bits per heavy atom. The Morgan fingerprint density at radius 3 is 2.62 bits per heavy atom. The summed E-state index contributed by atoms with van der Waals surface area (Å²) in [6, 6.07) is 7.50. The Bertz CT molecular complexity index is 419. The van der Waals surface area contributed by atoms with E-state index in [1.165, 1.54) is 0 Å². The predicted octanol–water partition coefficient (Wildman–Crippen LogP) is 2.38. The molecule has 1 rings (SSSR count). The molecule has 1 unspecified atom stereocenters. The van der Waals surface area contributed by atoms with Gasteiger partial charge in [0.25, 0.3) is 0 Å². The van der Waals surface area contributed by atoms with Crippen LogP contribution in [0.2, 0.25) is 0 Å². The fourth-order valence-corrected chi connectivity index (χ4v) is 2.08. The van der Waals surface area contributed by atoms with Gasteiger partial charge >= 0.3 is 5.97 Å². The highest BCUT2D eigenvalue weighted by Crippen LogP contribution is 2.22. The molecular weight excluding hydrogens is 272 g/mol. The van der Waals surface area contributed by atoms with E-state index in [9.17, 15) is 9.90 Å². The van der Waals surface area contributed by atoms with E-state index in [1.807, 2.05) is 24.3 Å². The highest BCUT2D eigenvalue weighted by molar-refractivity contribution is 5.70. The minimum Gasteiger partial charge on any atom is -0.496 e. The first-order chi connectivity index (χ1) is 10.2. The van der Waals surface area contributed by atoms with Gasteiger partial charge in [0, 0.05) is 26.9 Å². The quantitative estimate of drug-likeness (QED) is 0.635. The van der Waals surface area contributed by atoms with Gasteiger partial charge in [0.05, 0.1) is 13.0 Å². The van der Waals surface area contributed by atoms with Gasteiger partial charge in [-0.3, -0.25) is 4.79 Å². The lowest BCUT2D eigenvalue weighted by atomic mass is 9.96. The molecule has 118 valence electrons. The van der Waals surface area contributed by atoms with E-state index < -0.39 is 11.9 Å². The number of hydrogen-bond acceptors (Lipinski definition) is 4. The average Bonchev–Trinajstić information content (AvgIpc) is 2.49. The fourth-order valence-electron chi connectivity index (χ4n) is 2.08. The topological polar surface area (TPSA) is 65.0 Å². The Hall–Kier alpha value is -1.59. The largest absolute Gasteiger partial charge is 0.496 e. The summed E-state index contributed by atoms with van der Waals surface area (Å²) in [5.74, 6) is -0.546. The summed E-state index contributed by atoms with van der Waals surface area (Å²) in [5, 5.41) is 9.32. The van der Waals surface area contributed by atoms with Crippen LogP contribution in [0.5, 0.6) is 5.75 Å². The molecule has 0 heterocycles. The van der Waals surface area contributed by atoms with Crippen LogP contribution in [0.4, 0.5) is 0 Å². The maximum atomic E-state index is 11.4. The number of carboxylic acids is 1. The van der Waals surface area contributed by atoms with E-state index in [1.54, 1.807) is 14.2 Å². The molecule has 0 aliphatic carbocycles. The second-order valence-corrected chi connectivity index (χ2v) is 4.80. The molecule has 0 saturated carbocycles. The lowest BCUT2D eigenvalue weighted by Gasteiger charge is -2.14. The van der Waals surface area contributed by atoms with Gasteiger partial charge < -0.3 is 19.3 Å². The van der Waals surface area contributed by atoms with Gasteiger partial charge in [0.1, 0.15) is 5.75 Å². The predicted molar refractivity (Wildman–Crippen MR) is 79.8 cm³/mol. The van der Waals surface area contributed by atoms with Gasteiger partial charge in [0.15, 0.2) is 0 Å². The monoisotopic (exact) mass is 296 g/mol. The van der Waals surface area contributed by atoms with Crippen molar-refractivity contribution < 1.29 is 24.1 Å². The zero-order valence-corrected chi connectivity index (χ0v) is 12.7. The van der Waals surface area contributed by atoms with E-state index in [0.29, 0.717) is 32.7 Å². The minimum atomic E-state index is -0.804. The van der Waals surface area contributed by atoms with Crippen LogP contribution in [0.25, 0.3) is 0 Å². The lowest BCUT2D eigenvalue weighted by molar-refractivity contribution is -0.142. The Morgan fingerprint density at radius 1 is 1.19 bits per heavy atom. The number of rotatable bonds is 11. The molecule has 1 atom stereocenters. The third-order valence-corrected chi connectivity index (χ3v) is 3.26. The number of benzene rings is 1. The second kappa shape index (κ2) is 10.2. The van der Waals surface area contributed by atoms with Crippen molar-refractivity contribution in [1.29, 1.82) is 0 Å². The first-order valence-electron chi connectivity index (χ1n) is 7.10. The molecule has 1 aromatic carbocycles. The number of aliphatic carboxylic acids is 1. The molecule has 0 fully saturated rings. The van der Waals surface area contributed by atoms with Gasteiger partial charge in [-0.1, -0.05) is 18.2 Å². The van der Waals surface area contributed by atoms with Crippen LogP contribution in [0.15, 0.2) is 24.3 Å². The van der Waals surface area contributed by atoms with Crippen molar-refractivity contribution in [3.05, 3.63) is 29.8 Å². The van der Waals surface area contributed by atoms with Gasteiger partial charge in [-0.25, -0.2) is 0 Å². The fraction of sp³-hybridized carbons (Fsp3) is 0.562. The molecule has 0 amide bonds. The minimum absolute atomic E-state index is 0.440. The second-order valence-electron chi connectivity index (χ2n) is 4.80. The van der Waals surface area contributed by atoms with Crippen molar-refractivity contribution in [3.8, 4) is 5.75 Å². The number of carboxylic acid groups (broad SMARTS) is 1. The molecule has 0 radical (unpaired) electrons. The zero-order chi connectivity index (χ0) is 15.5. The van der Waals surface area contributed by atoms with E-state index >= 15 is 0 Å². The summed E-state index contributed by atoms with van der Waals surface area (Å²) >= 11 is 0. The van der Waals surface area contributed by atoms with Crippen LogP contribution in [0.3, 0.4) is 0 Å². The molecule has 0 bridgehead atoms. The number of methoxy groups -OCH3 is 2. The van der Waals surface area contributed by atoms with E-state index in [-0.39, 0.29) is 0 Å². The van der Waals surface area contributed by atoms with Crippen LogP contribution >= 0.6 is 0 Å². The van der Waals surface area contributed by atoms with Crippen LogP contribution < -0.4 is 4.74 Å². The third-order valence-electron chi connectivity index (χ3n) is 3.26. The molecule has 0 aromatic heterocycles. The van der Waals surface area contributed by atoms with Crippen molar-refractivity contribution in [2.45, 2.75) is 19.3 Å². The summed E-state index contributed by atoms with van der Waals surface area (Å²) < 4.78 is 15.6. The Labute approximate surface area is 125 Å². The molecule has 0 spiro atoms. The SMILES string of the molecule is COCCCOCCC(Cc1ccccc1OC)C(=O)O. The zero-order valence-electron chi connectivity index (χ0n) is 12.7. The van der Waals surface area contributed by atoms with Crippen molar-refractivity contribution in [3.63, 3.8) is 0 Å². The highest BCUT2D eigenvalue weighted by Gasteiger charge is 2.19. The van der Waals surface area contributed by atoms with Gasteiger partial charge in [-0.15, -0.1) is 0 Å². The van der Waals surface area contributed by atoms with Crippen LogP contribution in [-0.2, 0) is 20.7 Å². The number of hydrogen-bond donors (Lipinski definition) is 1. The maximum Gasteiger partial charge on any atom is 0.306 e. The number of ether oxygens (including phenoxy) is 3. The summed E-state index contributed by atoms with van der Waals surface area (Å²) in [4.78, 5) is 11.4. The molecule has 0 aliphatic rings. The molecule has 0 aliphatic heterocycles. The summed E-state index contributed by atoms with van der Waals surface area (Å²) in [6.45, 7) is 1.69. The molecule has 5 nitrogen and oxygen atoms in total. The molecule has 1 aromatic rings. The van der Waals surface area contributed by atoms with Crippen LogP contribution in [-0.4, -0.2) is 45.1 Å². The standard InChI is InChI=1S/C16H24O5/c1-19-9-5-10-21-11-8-14(16(17)18)12-13-6-3-4-7-15(13)20-2/h3-4,6-7,14H,5,8-12H2,1-2H3,(H,17,18). The maximum absolute atomic E-state index is 11.4. The summed E-state index contributed by atoms with van der Waals surface area (Å²) in [7, 11) is 3.24. The van der Waals surface area contributed by atoms with E-state index in [2.05, 4.69) is 0 Å². The summed E-state index contributed by atoms with van der Waals surface area (Å²) in [5.41, 5.74) is 0.909. The first kappa shape index (κ1) is 17.5. The Balaban J connectivity index is 2.45. The van der Waals surface area contributed by atoms with Crippen molar-refractivity contribution in [2.75, 3.05) is 34.0 Å². The molecule has 0 saturated heterocycles. The summed E-state index contributed by atoms with van der Waals surface area (Å²) in [6.07, 6.45) is 1.75. The van der Waals surface area contributed by atoms with Crippen molar-refractivity contribution in [2.24, 2.45) is 5.92 Å². The molecule has 5 heteroatoms. The normalized spacial score (nSPS) is 12.1. The van der Waals surface area contributed by atoms with Gasteiger partial charge in [0.2, 0.25) is 0 Å². The van der Waals surface area contributed by atoms with Gasteiger partial charge in [-0.05, 0) is 30.9 Å². The highest BCUT2D eigenvalue weighted by atomic mass is 16.5. The van der Waals surface area contributed by atoms with E-state index in [0.717, 1.165) is 17.7 Å². The lowest BCUT2D eigenvalue weighted by Crippen LogP contribution is -2.19. The van der Waals surface area contributed by atoms with Crippen LogP contribution in [0.1, 0.15) is 18.4 Å². The number of carbonyl (C=O) groups is 1. The van der Waals surface area contributed by atoms with Crippen molar-refractivity contribution >= 4 is 5.97 Å². The molecular formula is C16H24O5. The third kappa shape index (κ3) is 6.60.